The molecule has 0 amide bonds. The lowest BCUT2D eigenvalue weighted by atomic mass is 10.1. The summed E-state index contributed by atoms with van der Waals surface area (Å²) in [6.45, 7) is 5.91. The topological polar surface area (TPSA) is 84.3 Å². The average Bonchev–Trinajstić information content (AvgIpc) is 3.12. The van der Waals surface area contributed by atoms with Crippen LogP contribution in [0.5, 0.6) is 5.06 Å². The highest BCUT2D eigenvalue weighted by molar-refractivity contribution is 7.17. The van der Waals surface area contributed by atoms with E-state index in [0.717, 1.165) is 44.7 Å². The van der Waals surface area contributed by atoms with Gasteiger partial charge in [-0.1, -0.05) is 18.3 Å². The van der Waals surface area contributed by atoms with Gasteiger partial charge < -0.3 is 15.2 Å². The Balaban J connectivity index is 2.02. The maximum absolute atomic E-state index is 11.1. The number of carboxylic acid groups (broad SMARTS) is 1. The lowest BCUT2D eigenvalue weighted by Gasteiger charge is -2.15. The third-order valence-electron chi connectivity index (χ3n) is 4.30. The van der Waals surface area contributed by atoms with Crippen molar-refractivity contribution >= 4 is 28.8 Å². The van der Waals surface area contributed by atoms with Crippen molar-refractivity contribution in [3.63, 3.8) is 0 Å². The number of nitrogens with one attached hydrogen (secondary N) is 1. The third-order valence-corrected chi connectivity index (χ3v) is 5.34. The van der Waals surface area contributed by atoms with Gasteiger partial charge in [0.25, 0.3) is 0 Å². The molecule has 2 heterocycles. The number of carboxylic acids is 1. The van der Waals surface area contributed by atoms with E-state index >= 15 is 0 Å². The van der Waals surface area contributed by atoms with Crippen molar-refractivity contribution in [3.8, 4) is 15.8 Å². The first-order chi connectivity index (χ1) is 12.9. The molecule has 0 aliphatic rings. The number of nitrogens with zero attached hydrogens (tertiary/aromatic N) is 2. The number of thiophene rings is 1. The summed E-state index contributed by atoms with van der Waals surface area (Å²) >= 11 is 1.49. The minimum absolute atomic E-state index is 0.263. The molecule has 0 atom stereocenters. The Hall–Kier alpha value is -2.93. The monoisotopic (exact) mass is 383 g/mol. The second-order valence-corrected chi connectivity index (χ2v) is 7.14. The molecule has 0 radical (unpaired) electrons. The molecule has 0 saturated heterocycles. The normalized spacial score (nSPS) is 10.7. The van der Waals surface area contributed by atoms with Crippen LogP contribution in [0.2, 0.25) is 0 Å². The molecule has 0 aliphatic carbocycles. The fourth-order valence-corrected chi connectivity index (χ4v) is 3.60. The first-order valence-electron chi connectivity index (χ1n) is 8.55. The second-order valence-electron chi connectivity index (χ2n) is 6.10. The van der Waals surface area contributed by atoms with Gasteiger partial charge in [0.15, 0.2) is 10.9 Å². The van der Waals surface area contributed by atoms with E-state index in [2.05, 4.69) is 17.2 Å². The molecule has 2 N–H and O–H groups in total. The Kier molecular flexibility index (Phi) is 5.41. The van der Waals surface area contributed by atoms with Crippen LogP contribution in [0, 0.1) is 13.8 Å². The van der Waals surface area contributed by atoms with E-state index in [1.54, 1.807) is 25.3 Å². The summed E-state index contributed by atoms with van der Waals surface area (Å²) < 4.78 is 5.26. The van der Waals surface area contributed by atoms with Crippen LogP contribution in [0.4, 0.5) is 11.5 Å². The zero-order valence-electron chi connectivity index (χ0n) is 15.7. The molecule has 2 aromatic heterocycles. The summed E-state index contributed by atoms with van der Waals surface area (Å²) in [5.74, 6) is 0.435. The lowest BCUT2D eigenvalue weighted by Crippen LogP contribution is -2.06. The summed E-state index contributed by atoms with van der Waals surface area (Å²) in [6.07, 6.45) is 0.786. The number of aryl methyl sites for hydroxylation is 2. The molecule has 7 heteroatoms. The van der Waals surface area contributed by atoms with Crippen LogP contribution in [0.3, 0.4) is 0 Å². The molecular weight excluding hydrogens is 362 g/mol. The number of hydrogen-bond acceptors (Lipinski definition) is 6. The highest BCUT2D eigenvalue weighted by Gasteiger charge is 2.15. The maximum atomic E-state index is 11.1. The van der Waals surface area contributed by atoms with Crippen molar-refractivity contribution in [2.24, 2.45) is 0 Å². The SMILES string of the molecule is CCc1c(C)nc(-c2ccc(OC)s2)nc1Nc1ccc(C(=O)O)cc1C. The van der Waals surface area contributed by atoms with Gasteiger partial charge in [0.1, 0.15) is 5.82 Å². The Morgan fingerprint density at radius 1 is 1.22 bits per heavy atom. The van der Waals surface area contributed by atoms with Gasteiger partial charge >= 0.3 is 5.97 Å². The number of carbonyl (C=O) groups is 1. The number of methoxy groups -OCH3 is 1. The molecule has 0 spiro atoms. The van der Waals surface area contributed by atoms with E-state index in [4.69, 9.17) is 14.8 Å². The highest BCUT2D eigenvalue weighted by atomic mass is 32.1. The molecule has 1 aromatic carbocycles. The van der Waals surface area contributed by atoms with Crippen LogP contribution in [-0.4, -0.2) is 28.2 Å². The number of hydrogen-bond donors (Lipinski definition) is 2. The van der Waals surface area contributed by atoms with E-state index in [-0.39, 0.29) is 5.56 Å². The second kappa shape index (κ2) is 7.75. The first-order valence-corrected chi connectivity index (χ1v) is 9.37. The zero-order valence-corrected chi connectivity index (χ0v) is 16.5. The Morgan fingerprint density at radius 2 is 2.00 bits per heavy atom. The minimum Gasteiger partial charge on any atom is -0.487 e. The van der Waals surface area contributed by atoms with Crippen LogP contribution in [0.1, 0.15) is 34.1 Å². The van der Waals surface area contributed by atoms with Crippen LogP contribution in [-0.2, 0) is 6.42 Å². The van der Waals surface area contributed by atoms with E-state index in [1.807, 2.05) is 26.0 Å². The Bertz CT molecular complexity index is 998. The molecule has 0 saturated carbocycles. The lowest BCUT2D eigenvalue weighted by molar-refractivity contribution is 0.0697. The predicted octanol–water partition coefficient (Wildman–Crippen LogP) is 4.83. The Labute approximate surface area is 161 Å². The van der Waals surface area contributed by atoms with Gasteiger partial charge in [0, 0.05) is 16.9 Å². The fourth-order valence-electron chi connectivity index (χ4n) is 2.85. The van der Waals surface area contributed by atoms with Crippen LogP contribution in [0.15, 0.2) is 30.3 Å². The average molecular weight is 383 g/mol. The quantitative estimate of drug-likeness (QED) is 0.634. The van der Waals surface area contributed by atoms with Gasteiger partial charge in [0.05, 0.1) is 17.6 Å². The van der Waals surface area contributed by atoms with E-state index < -0.39 is 5.97 Å². The zero-order chi connectivity index (χ0) is 19.6. The van der Waals surface area contributed by atoms with Crippen LogP contribution < -0.4 is 10.1 Å². The molecule has 0 aliphatic heterocycles. The van der Waals surface area contributed by atoms with Crippen LogP contribution >= 0.6 is 11.3 Å². The van der Waals surface area contributed by atoms with E-state index in [0.29, 0.717) is 5.82 Å². The summed E-state index contributed by atoms with van der Waals surface area (Å²) in [5.41, 5.74) is 3.87. The molecule has 140 valence electrons. The van der Waals surface area contributed by atoms with Crippen molar-refractivity contribution in [1.82, 2.24) is 9.97 Å². The van der Waals surface area contributed by atoms with Crippen molar-refractivity contribution < 1.29 is 14.6 Å². The van der Waals surface area contributed by atoms with Crippen molar-refractivity contribution in [1.29, 1.82) is 0 Å². The van der Waals surface area contributed by atoms with Gasteiger partial charge in [-0.15, -0.1) is 0 Å². The molecule has 0 fully saturated rings. The van der Waals surface area contributed by atoms with Gasteiger partial charge in [-0.3, -0.25) is 0 Å². The van der Waals surface area contributed by atoms with E-state index in [9.17, 15) is 4.79 Å². The van der Waals surface area contributed by atoms with E-state index in [1.165, 1.54) is 11.3 Å². The largest absolute Gasteiger partial charge is 0.487 e. The van der Waals surface area contributed by atoms with Crippen LogP contribution in [0.25, 0.3) is 10.7 Å². The van der Waals surface area contributed by atoms with Gasteiger partial charge in [-0.25, -0.2) is 14.8 Å². The summed E-state index contributed by atoms with van der Waals surface area (Å²) in [5, 5.41) is 13.3. The number of ether oxygens (including phenoxy) is 1. The van der Waals surface area contributed by atoms with Crippen molar-refractivity contribution in [2.45, 2.75) is 27.2 Å². The molecule has 6 nitrogen and oxygen atoms in total. The molecular formula is C20H21N3O3S. The number of aromatic nitrogens is 2. The molecule has 27 heavy (non-hydrogen) atoms. The maximum Gasteiger partial charge on any atom is 0.335 e. The van der Waals surface area contributed by atoms with Crippen molar-refractivity contribution in [2.75, 3.05) is 12.4 Å². The summed E-state index contributed by atoms with van der Waals surface area (Å²) in [4.78, 5) is 21.5. The summed E-state index contributed by atoms with van der Waals surface area (Å²) in [7, 11) is 1.64. The smallest absolute Gasteiger partial charge is 0.335 e. The molecule has 3 rings (SSSR count). The number of anilines is 2. The molecule has 3 aromatic rings. The highest BCUT2D eigenvalue weighted by Crippen LogP contribution is 2.33. The Morgan fingerprint density at radius 3 is 2.59 bits per heavy atom. The minimum atomic E-state index is -0.939. The van der Waals surface area contributed by atoms with Gasteiger partial charge in [0.2, 0.25) is 0 Å². The predicted molar refractivity (Wildman–Crippen MR) is 107 cm³/mol. The number of aromatic carboxylic acids is 1. The standard InChI is InChI=1S/C20H21N3O3S/c1-5-14-12(3)21-19(16-8-9-17(26-4)27-16)23-18(14)22-15-7-6-13(20(24)25)10-11(15)2/h6-10H,5H2,1-4H3,(H,24,25)(H,21,22,23). The van der Waals surface area contributed by atoms with Gasteiger partial charge in [-0.05, 0) is 56.2 Å². The van der Waals surface area contributed by atoms with Gasteiger partial charge in [-0.2, -0.15) is 0 Å². The first kappa shape index (κ1) is 18.8. The third kappa shape index (κ3) is 3.93. The molecule has 0 bridgehead atoms. The molecule has 0 unspecified atom stereocenters. The van der Waals surface area contributed by atoms with Crippen molar-refractivity contribution in [3.05, 3.63) is 52.7 Å². The number of benzene rings is 1. The summed E-state index contributed by atoms with van der Waals surface area (Å²) in [6, 6.07) is 8.84. The fraction of sp³-hybridized carbons (Fsp3) is 0.250. The number of rotatable bonds is 6.